The van der Waals surface area contributed by atoms with Gasteiger partial charge in [0.15, 0.2) is 12.7 Å². The molecule has 0 bridgehead atoms. The van der Waals surface area contributed by atoms with Gasteiger partial charge in [0.25, 0.3) is 5.69 Å². The van der Waals surface area contributed by atoms with Gasteiger partial charge in [-0.2, -0.15) is 4.57 Å². The van der Waals surface area contributed by atoms with Gasteiger partial charge in [0, 0.05) is 24.5 Å². The van der Waals surface area contributed by atoms with Crippen molar-refractivity contribution in [2.75, 3.05) is 0 Å². The highest BCUT2D eigenvalue weighted by Crippen LogP contribution is 1.94. The molecule has 1 rings (SSSR count). The van der Waals surface area contributed by atoms with Crippen molar-refractivity contribution >= 4 is 0 Å². The van der Waals surface area contributed by atoms with Crippen molar-refractivity contribution in [3.8, 4) is 23.7 Å². The van der Waals surface area contributed by atoms with Crippen molar-refractivity contribution < 1.29 is 4.57 Å². The van der Waals surface area contributed by atoms with E-state index in [0.29, 0.717) is 0 Å². The Labute approximate surface area is 105 Å². The van der Waals surface area contributed by atoms with Crippen LogP contribution in [0.4, 0.5) is 0 Å². The van der Waals surface area contributed by atoms with Gasteiger partial charge in [-0.1, -0.05) is 25.2 Å². The van der Waals surface area contributed by atoms with Crippen LogP contribution in [0.2, 0.25) is 0 Å². The second-order valence-electron chi connectivity index (χ2n) is 3.86. The molecule has 88 valence electrons. The summed E-state index contributed by atoms with van der Waals surface area (Å²) in [6, 6.07) is 6.14. The molecule has 0 atom stereocenters. The van der Waals surface area contributed by atoms with Gasteiger partial charge in [0.2, 0.25) is 0 Å². The molecule has 17 heavy (non-hydrogen) atoms. The van der Waals surface area contributed by atoms with Gasteiger partial charge in [-0.3, -0.25) is 0 Å². The summed E-state index contributed by atoms with van der Waals surface area (Å²) in [4.78, 5) is 0. The summed E-state index contributed by atoms with van der Waals surface area (Å²) < 4.78 is 2.17. The summed E-state index contributed by atoms with van der Waals surface area (Å²) in [5.74, 6) is 12.5. The fraction of sp³-hybridized carbons (Fsp3) is 0.438. The molecule has 0 amide bonds. The maximum absolute atomic E-state index is 3.24. The lowest BCUT2D eigenvalue weighted by molar-refractivity contribution is -0.698. The highest BCUT2D eigenvalue weighted by atomic mass is 14.9. The van der Waals surface area contributed by atoms with Crippen molar-refractivity contribution in [3.63, 3.8) is 0 Å². The Kier molecular flexibility index (Phi) is 6.61. The number of hydrogen-bond donors (Lipinski definition) is 0. The first-order valence-corrected chi connectivity index (χ1v) is 6.25. The molecule has 1 heteroatoms. The van der Waals surface area contributed by atoms with Crippen LogP contribution >= 0.6 is 0 Å². The van der Waals surface area contributed by atoms with E-state index in [0.717, 1.165) is 25.1 Å². The monoisotopic (exact) mass is 226 g/mol. The third-order valence-electron chi connectivity index (χ3n) is 2.47. The molecule has 0 N–H and O–H groups in total. The second-order valence-corrected chi connectivity index (χ2v) is 3.86. The topological polar surface area (TPSA) is 3.88 Å². The van der Waals surface area contributed by atoms with Crippen LogP contribution in [-0.2, 0) is 6.54 Å². The number of unbranched alkanes of at least 4 members (excludes halogenated alkanes) is 2. The number of aryl methyl sites for hydroxylation is 1. The molecule has 0 saturated heterocycles. The predicted molar refractivity (Wildman–Crippen MR) is 71.1 cm³/mol. The average Bonchev–Trinajstić information content (AvgIpc) is 2.36. The van der Waals surface area contributed by atoms with Crippen molar-refractivity contribution in [2.24, 2.45) is 0 Å². The average molecular weight is 226 g/mol. The predicted octanol–water partition coefficient (Wildman–Crippen LogP) is 2.93. The molecule has 0 spiro atoms. The number of nitrogens with zero attached hydrogens (tertiary/aromatic N) is 1. The van der Waals surface area contributed by atoms with Crippen LogP contribution < -0.4 is 4.57 Å². The van der Waals surface area contributed by atoms with Crippen LogP contribution in [0, 0.1) is 23.7 Å². The van der Waals surface area contributed by atoms with E-state index in [1.54, 1.807) is 0 Å². The Bertz CT molecular complexity index is 452. The van der Waals surface area contributed by atoms with Gasteiger partial charge >= 0.3 is 0 Å². The van der Waals surface area contributed by atoms with Gasteiger partial charge in [0.05, 0.1) is 6.42 Å². The molecule has 0 aliphatic heterocycles. The Balaban J connectivity index is 2.67. The minimum Gasteiger partial charge on any atom is -0.190 e. The Morgan fingerprint density at radius 1 is 1.18 bits per heavy atom. The van der Waals surface area contributed by atoms with Crippen LogP contribution in [0.5, 0.6) is 0 Å². The summed E-state index contributed by atoms with van der Waals surface area (Å²) in [5, 5.41) is 0. The smallest absolute Gasteiger partial charge is 0.190 e. The number of rotatable bonds is 4. The van der Waals surface area contributed by atoms with Gasteiger partial charge < -0.3 is 0 Å². The molecular formula is C16H20N+. The van der Waals surface area contributed by atoms with Gasteiger partial charge in [-0.15, -0.1) is 5.92 Å². The Morgan fingerprint density at radius 3 is 2.82 bits per heavy atom. The SMILES string of the molecule is CC#CCC[n+]1ccccc1C#CCCCC. The number of hydrogen-bond acceptors (Lipinski definition) is 0. The lowest BCUT2D eigenvalue weighted by atomic mass is 10.2. The van der Waals surface area contributed by atoms with E-state index in [1.807, 2.05) is 19.1 Å². The number of aromatic nitrogens is 1. The van der Waals surface area contributed by atoms with Gasteiger partial charge in [0.1, 0.15) is 0 Å². The van der Waals surface area contributed by atoms with Crippen molar-refractivity contribution in [2.45, 2.75) is 46.1 Å². The standard InChI is InChI=1S/C16H20N/c1-3-5-7-8-12-16-13-9-11-15-17(16)14-10-6-4-2/h9,11,13,15H,3,5,7,10,14H2,1-2H3/q+1. The fourth-order valence-electron chi connectivity index (χ4n) is 1.50. The van der Waals surface area contributed by atoms with E-state index >= 15 is 0 Å². The minimum absolute atomic E-state index is 0.884. The quantitative estimate of drug-likeness (QED) is 0.422. The summed E-state index contributed by atoms with van der Waals surface area (Å²) in [7, 11) is 0. The highest BCUT2D eigenvalue weighted by molar-refractivity contribution is 5.22. The summed E-state index contributed by atoms with van der Waals surface area (Å²) in [6.45, 7) is 4.98. The van der Waals surface area contributed by atoms with Crippen LogP contribution in [0.1, 0.15) is 45.2 Å². The molecule has 0 fully saturated rings. The van der Waals surface area contributed by atoms with Crippen LogP contribution in [0.3, 0.4) is 0 Å². The largest absolute Gasteiger partial charge is 0.256 e. The maximum Gasteiger partial charge on any atom is 0.256 e. The zero-order valence-electron chi connectivity index (χ0n) is 10.8. The van der Waals surface area contributed by atoms with E-state index in [1.165, 1.54) is 12.8 Å². The summed E-state index contributed by atoms with van der Waals surface area (Å²) >= 11 is 0. The number of pyridine rings is 1. The zero-order chi connectivity index (χ0) is 12.3. The first kappa shape index (κ1) is 13.3. The molecule has 0 saturated carbocycles. The van der Waals surface area contributed by atoms with E-state index in [-0.39, 0.29) is 0 Å². The van der Waals surface area contributed by atoms with E-state index in [9.17, 15) is 0 Å². The normalized spacial score (nSPS) is 8.82. The third-order valence-corrected chi connectivity index (χ3v) is 2.47. The van der Waals surface area contributed by atoms with Crippen molar-refractivity contribution in [1.29, 1.82) is 0 Å². The van der Waals surface area contributed by atoms with Gasteiger partial charge in [-0.25, -0.2) is 0 Å². The molecule has 0 radical (unpaired) electrons. The van der Waals surface area contributed by atoms with E-state index in [4.69, 9.17) is 0 Å². The minimum atomic E-state index is 0.884. The van der Waals surface area contributed by atoms with Crippen molar-refractivity contribution in [1.82, 2.24) is 0 Å². The van der Waals surface area contributed by atoms with Crippen molar-refractivity contribution in [3.05, 3.63) is 30.1 Å². The van der Waals surface area contributed by atoms with E-state index < -0.39 is 0 Å². The Hall–Kier alpha value is -1.73. The highest BCUT2D eigenvalue weighted by Gasteiger charge is 2.04. The Morgan fingerprint density at radius 2 is 2.06 bits per heavy atom. The van der Waals surface area contributed by atoms with Gasteiger partial charge in [-0.05, 0) is 19.4 Å². The van der Waals surface area contributed by atoms with Crippen LogP contribution in [-0.4, -0.2) is 0 Å². The molecule has 1 nitrogen and oxygen atoms in total. The molecule has 0 aliphatic rings. The van der Waals surface area contributed by atoms with Crippen LogP contribution in [0.25, 0.3) is 0 Å². The first-order valence-electron chi connectivity index (χ1n) is 6.25. The zero-order valence-corrected chi connectivity index (χ0v) is 10.8. The lowest BCUT2D eigenvalue weighted by Crippen LogP contribution is -2.36. The molecule has 0 unspecified atom stereocenters. The first-order chi connectivity index (χ1) is 8.38. The molecular weight excluding hydrogens is 206 g/mol. The lowest BCUT2D eigenvalue weighted by Gasteiger charge is -1.95. The third kappa shape index (κ3) is 5.23. The molecule has 0 aliphatic carbocycles. The second kappa shape index (κ2) is 8.43. The molecule has 0 aromatic carbocycles. The molecule has 1 aromatic heterocycles. The fourth-order valence-corrected chi connectivity index (χ4v) is 1.50. The summed E-state index contributed by atoms with van der Waals surface area (Å²) in [6.07, 6.45) is 6.33. The van der Waals surface area contributed by atoms with Crippen LogP contribution in [0.15, 0.2) is 24.4 Å². The molecule has 1 heterocycles. The summed E-state index contributed by atoms with van der Waals surface area (Å²) in [5.41, 5.74) is 1.08. The molecule has 1 aromatic rings. The van der Waals surface area contributed by atoms with E-state index in [2.05, 4.69) is 47.4 Å². The maximum atomic E-state index is 3.24.